The lowest BCUT2D eigenvalue weighted by Gasteiger charge is -2.25. The Hall–Kier alpha value is -3.20. The van der Waals surface area contributed by atoms with Gasteiger partial charge in [0.1, 0.15) is 6.34 Å². The van der Waals surface area contributed by atoms with Crippen LogP contribution in [0, 0.1) is 10.1 Å². The first-order valence-electron chi connectivity index (χ1n) is 6.71. The van der Waals surface area contributed by atoms with Gasteiger partial charge < -0.3 is 0 Å². The first-order valence-corrected chi connectivity index (χ1v) is 7.53. The van der Waals surface area contributed by atoms with Crippen molar-refractivity contribution < 1.29 is 4.92 Å². The average molecular weight is 326 g/mol. The maximum atomic E-state index is 11.1. The highest BCUT2D eigenvalue weighted by Crippen LogP contribution is 2.35. The van der Waals surface area contributed by atoms with Gasteiger partial charge in [0.15, 0.2) is 5.52 Å². The lowest BCUT2D eigenvalue weighted by molar-refractivity contribution is -0.383. The predicted octanol–water partition coefficient (Wildman–Crippen LogP) is 2.89. The SMILES string of the molecule is O=[N+]([O-])c1cccc2sc(N3NN=CN3c3ccccc3)nc12. The van der Waals surface area contributed by atoms with Crippen molar-refractivity contribution in [3.05, 3.63) is 58.6 Å². The van der Waals surface area contributed by atoms with Gasteiger partial charge in [0.2, 0.25) is 5.13 Å². The van der Waals surface area contributed by atoms with Crippen molar-refractivity contribution in [2.75, 3.05) is 10.1 Å². The summed E-state index contributed by atoms with van der Waals surface area (Å²) in [5.41, 5.74) is 4.11. The Balaban J connectivity index is 1.77. The zero-order valence-corrected chi connectivity index (χ0v) is 12.5. The highest BCUT2D eigenvalue weighted by Gasteiger charge is 2.25. The second-order valence-corrected chi connectivity index (χ2v) is 5.72. The fraction of sp³-hybridized carbons (Fsp3) is 0. The van der Waals surface area contributed by atoms with Gasteiger partial charge in [-0.1, -0.05) is 35.6 Å². The molecule has 114 valence electrons. The number of nitrogens with one attached hydrogen (secondary N) is 1. The molecule has 3 aromatic rings. The lowest BCUT2D eigenvalue weighted by Crippen LogP contribution is -2.43. The van der Waals surface area contributed by atoms with Gasteiger partial charge in [-0.3, -0.25) is 10.1 Å². The molecule has 0 saturated heterocycles. The van der Waals surface area contributed by atoms with Gasteiger partial charge in [-0.25, -0.2) is 9.99 Å². The van der Waals surface area contributed by atoms with E-state index in [2.05, 4.69) is 15.6 Å². The summed E-state index contributed by atoms with van der Waals surface area (Å²) in [5.74, 6) is 0. The van der Waals surface area contributed by atoms with Crippen molar-refractivity contribution in [2.45, 2.75) is 0 Å². The number of anilines is 2. The lowest BCUT2D eigenvalue weighted by atomic mass is 10.3. The van der Waals surface area contributed by atoms with Crippen LogP contribution < -0.4 is 15.7 Å². The largest absolute Gasteiger partial charge is 0.296 e. The topological polar surface area (TPSA) is 86.9 Å². The minimum absolute atomic E-state index is 0.00336. The fourth-order valence-electron chi connectivity index (χ4n) is 2.29. The summed E-state index contributed by atoms with van der Waals surface area (Å²) in [6, 6.07) is 14.6. The smallest absolute Gasteiger partial charge is 0.258 e. The molecule has 0 atom stereocenters. The molecule has 0 unspecified atom stereocenters. The molecule has 2 aromatic carbocycles. The molecule has 23 heavy (non-hydrogen) atoms. The van der Waals surface area contributed by atoms with E-state index in [1.807, 2.05) is 36.4 Å². The van der Waals surface area contributed by atoms with E-state index < -0.39 is 4.92 Å². The van der Waals surface area contributed by atoms with Crippen LogP contribution in [-0.2, 0) is 0 Å². The number of aromatic nitrogens is 1. The highest BCUT2D eigenvalue weighted by molar-refractivity contribution is 7.22. The molecule has 0 saturated carbocycles. The maximum Gasteiger partial charge on any atom is 0.296 e. The van der Waals surface area contributed by atoms with Crippen molar-refractivity contribution in [3.63, 3.8) is 0 Å². The standard InChI is InChI=1S/C14H10N6O2S/c21-20(22)11-7-4-8-12-13(11)16-14(23-12)19-17-15-9-18(19)10-5-2-1-3-6-10/h1-9,17H. The molecule has 0 bridgehead atoms. The van der Waals surface area contributed by atoms with Gasteiger partial charge in [0.25, 0.3) is 5.69 Å². The zero-order valence-electron chi connectivity index (χ0n) is 11.7. The summed E-state index contributed by atoms with van der Waals surface area (Å²) in [4.78, 5) is 15.1. The van der Waals surface area contributed by atoms with E-state index in [9.17, 15) is 10.1 Å². The number of hydrogen-bond donors (Lipinski definition) is 1. The minimum Gasteiger partial charge on any atom is -0.258 e. The van der Waals surface area contributed by atoms with Crippen molar-refractivity contribution in [3.8, 4) is 0 Å². The second-order valence-electron chi connectivity index (χ2n) is 4.71. The predicted molar refractivity (Wildman–Crippen MR) is 89.3 cm³/mol. The van der Waals surface area contributed by atoms with E-state index in [4.69, 9.17) is 0 Å². The quantitative estimate of drug-likeness (QED) is 0.588. The number of thiazole rings is 1. The van der Waals surface area contributed by atoms with Crippen LogP contribution >= 0.6 is 11.3 Å². The second kappa shape index (κ2) is 5.21. The number of nitro groups is 1. The molecule has 1 aromatic heterocycles. The van der Waals surface area contributed by atoms with E-state index in [0.29, 0.717) is 10.6 Å². The number of benzene rings is 2. The van der Waals surface area contributed by atoms with E-state index in [1.165, 1.54) is 17.4 Å². The molecule has 0 fully saturated rings. The summed E-state index contributed by atoms with van der Waals surface area (Å²) < 4.78 is 0.746. The van der Waals surface area contributed by atoms with Gasteiger partial charge in [-0.15, -0.1) is 10.2 Å². The number of non-ortho nitro benzene ring substituents is 1. The summed E-state index contributed by atoms with van der Waals surface area (Å²) in [6.07, 6.45) is 1.62. The molecule has 4 rings (SSSR count). The number of para-hydroxylation sites is 2. The molecule has 0 spiro atoms. The molecule has 1 aliphatic rings. The Morgan fingerprint density at radius 2 is 1.96 bits per heavy atom. The molecule has 0 aliphatic carbocycles. The number of fused-ring (bicyclic) bond motifs is 1. The molecule has 9 heteroatoms. The third-order valence-electron chi connectivity index (χ3n) is 3.32. The Kier molecular flexibility index (Phi) is 3.05. The van der Waals surface area contributed by atoms with Crippen molar-refractivity contribution in [1.29, 1.82) is 0 Å². The summed E-state index contributed by atoms with van der Waals surface area (Å²) in [6.45, 7) is 0. The van der Waals surface area contributed by atoms with E-state index in [0.717, 1.165) is 10.4 Å². The molecule has 1 aliphatic heterocycles. The molecule has 0 amide bonds. The van der Waals surface area contributed by atoms with Crippen molar-refractivity contribution in [1.82, 2.24) is 10.5 Å². The molecular weight excluding hydrogens is 316 g/mol. The van der Waals surface area contributed by atoms with Crippen LogP contribution in [0.2, 0.25) is 0 Å². The van der Waals surface area contributed by atoms with Gasteiger partial charge in [0, 0.05) is 6.07 Å². The number of hydrogen-bond acceptors (Lipinski definition) is 8. The highest BCUT2D eigenvalue weighted by atomic mass is 32.1. The van der Waals surface area contributed by atoms with Crippen molar-refractivity contribution in [2.24, 2.45) is 5.10 Å². The minimum atomic E-state index is -0.422. The van der Waals surface area contributed by atoms with Gasteiger partial charge in [-0.2, -0.15) is 5.53 Å². The molecule has 8 nitrogen and oxygen atoms in total. The van der Waals surface area contributed by atoms with Crippen LogP contribution in [0.4, 0.5) is 16.5 Å². The molecule has 2 heterocycles. The fourth-order valence-corrected chi connectivity index (χ4v) is 3.24. The monoisotopic (exact) mass is 326 g/mol. The Bertz CT molecular complexity index is 910. The van der Waals surface area contributed by atoms with E-state index >= 15 is 0 Å². The van der Waals surface area contributed by atoms with Crippen LogP contribution in [0.5, 0.6) is 0 Å². The molecular formula is C14H10N6O2S. The van der Waals surface area contributed by atoms with Crippen LogP contribution in [0.1, 0.15) is 0 Å². The Morgan fingerprint density at radius 3 is 2.74 bits per heavy atom. The Labute approximate surface area is 134 Å². The van der Waals surface area contributed by atoms with Gasteiger partial charge in [0.05, 0.1) is 15.3 Å². The zero-order chi connectivity index (χ0) is 15.8. The molecule has 1 N–H and O–H groups in total. The maximum absolute atomic E-state index is 11.1. The van der Waals surface area contributed by atoms with E-state index in [1.54, 1.807) is 22.5 Å². The van der Waals surface area contributed by atoms with E-state index in [-0.39, 0.29) is 5.69 Å². The summed E-state index contributed by atoms with van der Waals surface area (Å²) in [5, 5.41) is 19.2. The number of hydrazine groups is 2. The molecule has 0 radical (unpaired) electrons. The number of nitrogens with zero attached hydrogens (tertiary/aromatic N) is 5. The van der Waals surface area contributed by atoms with Crippen molar-refractivity contribution >= 4 is 44.4 Å². The normalized spacial score (nSPS) is 13.6. The number of rotatable bonds is 3. The van der Waals surface area contributed by atoms with Crippen LogP contribution in [0.25, 0.3) is 10.2 Å². The van der Waals surface area contributed by atoms with Crippen LogP contribution in [0.15, 0.2) is 53.6 Å². The first kappa shape index (κ1) is 13.5. The first-order chi connectivity index (χ1) is 11.2. The number of hydrazone groups is 1. The summed E-state index contributed by atoms with van der Waals surface area (Å²) in [7, 11) is 0. The van der Waals surface area contributed by atoms with Gasteiger partial charge >= 0.3 is 0 Å². The summed E-state index contributed by atoms with van der Waals surface area (Å²) >= 11 is 1.35. The van der Waals surface area contributed by atoms with Crippen LogP contribution in [0.3, 0.4) is 0 Å². The van der Waals surface area contributed by atoms with Crippen LogP contribution in [-0.4, -0.2) is 16.2 Å². The van der Waals surface area contributed by atoms with Gasteiger partial charge in [-0.05, 0) is 18.2 Å². The third-order valence-corrected chi connectivity index (χ3v) is 4.32. The average Bonchev–Trinajstić information content (AvgIpc) is 3.21. The number of nitro benzene ring substituents is 1. The third kappa shape index (κ3) is 2.23. The Morgan fingerprint density at radius 1 is 1.13 bits per heavy atom.